The molecule has 0 aliphatic rings. The molecule has 1 aromatic heterocycles. The molecule has 0 saturated carbocycles. The molecule has 0 aliphatic heterocycles. The van der Waals surface area contributed by atoms with Crippen LogP contribution < -0.4 is 15.6 Å². The third-order valence-electron chi connectivity index (χ3n) is 5.37. The van der Waals surface area contributed by atoms with Crippen molar-refractivity contribution in [1.29, 1.82) is 0 Å². The van der Waals surface area contributed by atoms with Crippen molar-refractivity contribution in [1.82, 2.24) is 4.57 Å². The quantitative estimate of drug-likeness (QED) is 0.482. The highest BCUT2D eigenvalue weighted by Crippen LogP contribution is 2.21. The number of unbranched alkanes of at least 4 members (excludes halogenated alkanes) is 1. The molecule has 33 heavy (non-hydrogen) atoms. The van der Waals surface area contributed by atoms with Crippen LogP contribution in [0.2, 0.25) is 0 Å². The molecule has 1 heterocycles. The van der Waals surface area contributed by atoms with Gasteiger partial charge in [-0.15, -0.1) is 0 Å². The van der Waals surface area contributed by atoms with Crippen molar-refractivity contribution < 1.29 is 13.2 Å². The fraction of sp³-hybridized carbons (Fsp3) is 0.280. The highest BCUT2D eigenvalue weighted by molar-refractivity contribution is 7.92. The van der Waals surface area contributed by atoms with Crippen molar-refractivity contribution >= 4 is 27.3 Å². The first-order valence-electron chi connectivity index (χ1n) is 11.0. The minimum atomic E-state index is -3.88. The number of carbonyl (C=O) groups is 1. The van der Waals surface area contributed by atoms with E-state index in [0.29, 0.717) is 23.5 Å². The Morgan fingerprint density at radius 2 is 1.67 bits per heavy atom. The molecule has 0 atom stereocenters. The van der Waals surface area contributed by atoms with Gasteiger partial charge in [-0.05, 0) is 68.1 Å². The van der Waals surface area contributed by atoms with E-state index in [-0.39, 0.29) is 16.0 Å². The average Bonchev–Trinajstić information content (AvgIpc) is 2.79. The SMILES string of the molecule is CCCCc1ccc(NS(=O)(=O)c2ccc(C)c(C(=O)Nc3ccc(=O)n(CC)c3)c2)cc1. The third-order valence-corrected chi connectivity index (χ3v) is 6.75. The van der Waals surface area contributed by atoms with E-state index < -0.39 is 15.9 Å². The number of anilines is 2. The fourth-order valence-electron chi connectivity index (χ4n) is 3.40. The van der Waals surface area contributed by atoms with Crippen LogP contribution in [0.1, 0.15) is 48.2 Å². The van der Waals surface area contributed by atoms with Gasteiger partial charge in [-0.2, -0.15) is 0 Å². The summed E-state index contributed by atoms with van der Waals surface area (Å²) in [5, 5.41) is 2.74. The Kier molecular flexibility index (Phi) is 7.71. The Bertz CT molecular complexity index is 1300. The number of rotatable bonds is 9. The molecule has 3 rings (SSSR count). The van der Waals surface area contributed by atoms with Crippen LogP contribution >= 0.6 is 0 Å². The van der Waals surface area contributed by atoms with Crippen molar-refractivity contribution in [3.8, 4) is 0 Å². The summed E-state index contributed by atoms with van der Waals surface area (Å²) in [6.45, 7) is 6.17. The molecule has 0 spiro atoms. The molecular weight excluding hydrogens is 438 g/mol. The van der Waals surface area contributed by atoms with Gasteiger partial charge in [0.15, 0.2) is 0 Å². The van der Waals surface area contributed by atoms with Crippen LogP contribution in [0.25, 0.3) is 0 Å². The normalized spacial score (nSPS) is 11.2. The molecule has 1 amide bonds. The van der Waals surface area contributed by atoms with Gasteiger partial charge >= 0.3 is 0 Å². The molecule has 174 valence electrons. The summed E-state index contributed by atoms with van der Waals surface area (Å²) in [5.41, 5.74) is 2.78. The van der Waals surface area contributed by atoms with Gasteiger partial charge in [0.05, 0.1) is 10.6 Å². The van der Waals surface area contributed by atoms with Crippen molar-refractivity contribution in [3.63, 3.8) is 0 Å². The fourth-order valence-corrected chi connectivity index (χ4v) is 4.48. The topological polar surface area (TPSA) is 97.3 Å². The Labute approximate surface area is 194 Å². The predicted molar refractivity (Wildman–Crippen MR) is 131 cm³/mol. The van der Waals surface area contributed by atoms with Crippen LogP contribution in [-0.4, -0.2) is 18.9 Å². The zero-order valence-corrected chi connectivity index (χ0v) is 19.9. The van der Waals surface area contributed by atoms with E-state index >= 15 is 0 Å². The smallest absolute Gasteiger partial charge is 0.261 e. The standard InChI is InChI=1S/C25H29N3O4S/c1-4-6-7-19-9-11-20(12-10-19)27-33(31,32)22-14-8-18(3)23(16-22)25(30)26-21-13-15-24(29)28(5-2)17-21/h8-17,27H,4-7H2,1-3H3,(H,26,30). The van der Waals surface area contributed by atoms with E-state index in [9.17, 15) is 18.0 Å². The molecule has 2 N–H and O–H groups in total. The number of amides is 1. The molecule has 7 nitrogen and oxygen atoms in total. The number of aryl methyl sites for hydroxylation is 3. The van der Waals surface area contributed by atoms with E-state index in [0.717, 1.165) is 24.8 Å². The number of nitrogens with zero attached hydrogens (tertiary/aromatic N) is 1. The largest absolute Gasteiger partial charge is 0.321 e. The van der Waals surface area contributed by atoms with E-state index in [4.69, 9.17) is 0 Å². The van der Waals surface area contributed by atoms with Gasteiger partial charge in [0, 0.05) is 30.1 Å². The molecular formula is C25H29N3O4S. The number of sulfonamides is 1. The lowest BCUT2D eigenvalue weighted by atomic mass is 10.1. The summed E-state index contributed by atoms with van der Waals surface area (Å²) in [5.74, 6) is -0.453. The molecule has 0 unspecified atom stereocenters. The van der Waals surface area contributed by atoms with Crippen molar-refractivity contribution in [2.75, 3.05) is 10.0 Å². The third kappa shape index (κ3) is 6.10. The van der Waals surface area contributed by atoms with Crippen LogP contribution in [-0.2, 0) is 23.0 Å². The van der Waals surface area contributed by atoms with Crippen LogP contribution in [0.5, 0.6) is 0 Å². The Morgan fingerprint density at radius 3 is 2.33 bits per heavy atom. The molecule has 8 heteroatoms. The maximum Gasteiger partial charge on any atom is 0.261 e. The number of benzene rings is 2. The molecule has 3 aromatic rings. The summed E-state index contributed by atoms with van der Waals surface area (Å²) in [4.78, 5) is 24.6. The average molecular weight is 468 g/mol. The number of hydrogen-bond donors (Lipinski definition) is 2. The highest BCUT2D eigenvalue weighted by Gasteiger charge is 2.19. The number of nitrogens with one attached hydrogen (secondary N) is 2. The van der Waals surface area contributed by atoms with E-state index in [2.05, 4.69) is 17.0 Å². The Balaban J connectivity index is 1.80. The van der Waals surface area contributed by atoms with Crippen LogP contribution in [0.15, 0.2) is 70.5 Å². The maximum atomic E-state index is 12.9. The van der Waals surface area contributed by atoms with Gasteiger partial charge in [0.1, 0.15) is 0 Å². The first-order chi connectivity index (χ1) is 15.7. The van der Waals surface area contributed by atoms with Crippen LogP contribution in [0, 0.1) is 6.92 Å². The zero-order chi connectivity index (χ0) is 24.0. The van der Waals surface area contributed by atoms with E-state index in [1.807, 2.05) is 19.1 Å². The summed E-state index contributed by atoms with van der Waals surface area (Å²) < 4.78 is 29.9. The first-order valence-corrected chi connectivity index (χ1v) is 12.5. The van der Waals surface area contributed by atoms with Gasteiger partial charge in [-0.25, -0.2) is 8.42 Å². The first kappa shape index (κ1) is 24.3. The lowest BCUT2D eigenvalue weighted by Gasteiger charge is -2.13. The van der Waals surface area contributed by atoms with E-state index in [1.54, 1.807) is 31.3 Å². The second kappa shape index (κ2) is 10.5. The molecule has 0 fully saturated rings. The highest BCUT2D eigenvalue weighted by atomic mass is 32.2. The zero-order valence-electron chi connectivity index (χ0n) is 19.1. The van der Waals surface area contributed by atoms with Crippen molar-refractivity contribution in [3.05, 3.63) is 87.8 Å². The van der Waals surface area contributed by atoms with E-state index in [1.165, 1.54) is 28.8 Å². The van der Waals surface area contributed by atoms with Gasteiger partial charge in [-0.1, -0.05) is 31.5 Å². The molecule has 0 aliphatic carbocycles. The van der Waals surface area contributed by atoms with Gasteiger partial charge in [0.25, 0.3) is 21.5 Å². The number of aromatic nitrogens is 1. The van der Waals surface area contributed by atoms with Crippen LogP contribution in [0.4, 0.5) is 11.4 Å². The van der Waals surface area contributed by atoms with Gasteiger partial charge in [0.2, 0.25) is 0 Å². The second-order valence-electron chi connectivity index (χ2n) is 7.88. The second-order valence-corrected chi connectivity index (χ2v) is 9.56. The summed E-state index contributed by atoms with van der Waals surface area (Å²) in [6, 6.07) is 14.6. The lowest BCUT2D eigenvalue weighted by molar-refractivity contribution is 0.102. The monoisotopic (exact) mass is 467 g/mol. The lowest BCUT2D eigenvalue weighted by Crippen LogP contribution is -2.20. The molecule has 2 aromatic carbocycles. The van der Waals surface area contributed by atoms with Gasteiger partial charge in [-0.3, -0.25) is 14.3 Å². The number of hydrogen-bond acceptors (Lipinski definition) is 4. The summed E-state index contributed by atoms with van der Waals surface area (Å²) >= 11 is 0. The van der Waals surface area contributed by atoms with Crippen LogP contribution in [0.3, 0.4) is 0 Å². The minimum absolute atomic E-state index is 0.00756. The predicted octanol–water partition coefficient (Wildman–Crippen LogP) is 4.57. The number of carbonyl (C=O) groups excluding carboxylic acids is 1. The summed E-state index contributed by atoms with van der Waals surface area (Å²) in [7, 11) is -3.88. The molecule has 0 radical (unpaired) electrons. The molecule has 0 bridgehead atoms. The number of pyridine rings is 1. The van der Waals surface area contributed by atoms with Crippen molar-refractivity contribution in [2.24, 2.45) is 0 Å². The van der Waals surface area contributed by atoms with Crippen molar-refractivity contribution in [2.45, 2.75) is 51.5 Å². The minimum Gasteiger partial charge on any atom is -0.321 e. The Morgan fingerprint density at radius 1 is 0.970 bits per heavy atom. The summed E-state index contributed by atoms with van der Waals surface area (Å²) in [6.07, 6.45) is 4.69. The van der Waals surface area contributed by atoms with Gasteiger partial charge < -0.3 is 9.88 Å². The molecule has 0 saturated heterocycles. The Hall–Kier alpha value is -3.39. The maximum absolute atomic E-state index is 12.9.